The SMILES string of the molecule is Cc1cc(C)cc(CC(=O)NC2CC(c3cc(NC(=O)CCc4cccnc4)n[nH]3)C2)c1. The summed E-state index contributed by atoms with van der Waals surface area (Å²) >= 11 is 0. The fourth-order valence-electron chi connectivity index (χ4n) is 4.24. The van der Waals surface area contributed by atoms with E-state index in [4.69, 9.17) is 0 Å². The van der Waals surface area contributed by atoms with Crippen LogP contribution in [0.2, 0.25) is 0 Å². The molecule has 4 rings (SSSR count). The maximum Gasteiger partial charge on any atom is 0.225 e. The number of nitrogens with zero attached hydrogens (tertiary/aromatic N) is 2. The molecule has 2 aromatic heterocycles. The summed E-state index contributed by atoms with van der Waals surface area (Å²) in [7, 11) is 0. The van der Waals surface area contributed by atoms with Crippen molar-refractivity contribution < 1.29 is 9.59 Å². The minimum absolute atomic E-state index is 0.0598. The van der Waals surface area contributed by atoms with E-state index in [9.17, 15) is 9.59 Å². The molecule has 2 amide bonds. The third-order valence-electron chi connectivity index (χ3n) is 5.82. The average molecular weight is 432 g/mol. The van der Waals surface area contributed by atoms with Crippen LogP contribution in [-0.4, -0.2) is 33.0 Å². The van der Waals surface area contributed by atoms with Crippen LogP contribution >= 0.6 is 0 Å². The van der Waals surface area contributed by atoms with E-state index < -0.39 is 0 Å². The van der Waals surface area contributed by atoms with Gasteiger partial charge in [0, 0.05) is 42.5 Å². The number of carbonyl (C=O) groups is 2. The first kappa shape index (κ1) is 21.7. The highest BCUT2D eigenvalue weighted by molar-refractivity contribution is 5.89. The molecule has 0 saturated heterocycles. The van der Waals surface area contributed by atoms with E-state index in [1.807, 2.05) is 32.0 Å². The van der Waals surface area contributed by atoms with Crippen LogP contribution < -0.4 is 10.6 Å². The van der Waals surface area contributed by atoms with Crippen molar-refractivity contribution in [3.05, 3.63) is 76.7 Å². The molecular weight excluding hydrogens is 402 g/mol. The van der Waals surface area contributed by atoms with Crippen LogP contribution in [0.4, 0.5) is 5.82 Å². The summed E-state index contributed by atoms with van der Waals surface area (Å²) in [4.78, 5) is 28.6. The van der Waals surface area contributed by atoms with Gasteiger partial charge in [-0.1, -0.05) is 35.4 Å². The summed E-state index contributed by atoms with van der Waals surface area (Å²) in [5, 5.41) is 13.2. The van der Waals surface area contributed by atoms with Crippen molar-refractivity contribution in [2.24, 2.45) is 0 Å². The van der Waals surface area contributed by atoms with Crippen molar-refractivity contribution in [3.63, 3.8) is 0 Å². The molecule has 0 bridgehead atoms. The molecular formula is C25H29N5O2. The normalized spacial score (nSPS) is 17.4. The van der Waals surface area contributed by atoms with Crippen LogP contribution in [0.25, 0.3) is 0 Å². The lowest BCUT2D eigenvalue weighted by Gasteiger charge is -2.35. The van der Waals surface area contributed by atoms with Crippen LogP contribution in [0.5, 0.6) is 0 Å². The van der Waals surface area contributed by atoms with Gasteiger partial charge in [0.1, 0.15) is 0 Å². The Kier molecular flexibility index (Phi) is 6.63. The average Bonchev–Trinajstić information content (AvgIpc) is 3.16. The summed E-state index contributed by atoms with van der Waals surface area (Å²) < 4.78 is 0. The number of hydrogen-bond donors (Lipinski definition) is 3. The van der Waals surface area contributed by atoms with Gasteiger partial charge in [-0.05, 0) is 50.3 Å². The van der Waals surface area contributed by atoms with E-state index in [1.54, 1.807) is 12.4 Å². The molecule has 3 N–H and O–H groups in total. The number of hydrogen-bond acceptors (Lipinski definition) is 4. The zero-order valence-corrected chi connectivity index (χ0v) is 18.5. The summed E-state index contributed by atoms with van der Waals surface area (Å²) in [6.45, 7) is 4.10. The number of anilines is 1. The largest absolute Gasteiger partial charge is 0.353 e. The van der Waals surface area contributed by atoms with Gasteiger partial charge in [0.25, 0.3) is 0 Å². The molecule has 3 aromatic rings. The smallest absolute Gasteiger partial charge is 0.225 e. The fraction of sp³-hybridized carbons (Fsp3) is 0.360. The third-order valence-corrected chi connectivity index (χ3v) is 5.82. The molecule has 0 spiro atoms. The standard InChI is InChI=1S/C25H29N5O2/c1-16-8-17(2)10-19(9-16)11-25(32)27-21-12-20(13-21)22-14-23(30-29-22)28-24(31)6-5-18-4-3-7-26-15-18/h3-4,7-10,14-15,20-21H,5-6,11-13H2,1-2H3,(H,27,32)(H2,28,29,30,31). The Morgan fingerprint density at radius 3 is 2.56 bits per heavy atom. The number of pyridine rings is 1. The minimum atomic E-state index is -0.0722. The number of aromatic nitrogens is 3. The van der Waals surface area contributed by atoms with Crippen LogP contribution in [0.1, 0.15) is 53.1 Å². The molecule has 0 unspecified atom stereocenters. The number of nitrogens with one attached hydrogen (secondary N) is 3. The van der Waals surface area contributed by atoms with Crippen molar-refractivity contribution in [3.8, 4) is 0 Å². The highest BCUT2D eigenvalue weighted by Crippen LogP contribution is 2.36. The second-order valence-electron chi connectivity index (χ2n) is 8.72. The summed E-state index contributed by atoms with van der Waals surface area (Å²) in [5.41, 5.74) is 5.43. The predicted molar refractivity (Wildman–Crippen MR) is 123 cm³/mol. The second kappa shape index (κ2) is 9.77. The first-order valence-corrected chi connectivity index (χ1v) is 11.0. The van der Waals surface area contributed by atoms with Gasteiger partial charge in [-0.25, -0.2) is 0 Å². The first-order valence-electron chi connectivity index (χ1n) is 11.0. The Balaban J connectivity index is 1.20. The number of amides is 2. The quantitative estimate of drug-likeness (QED) is 0.507. The molecule has 0 atom stereocenters. The Bertz CT molecular complexity index is 1070. The lowest BCUT2D eigenvalue weighted by Crippen LogP contribution is -2.44. The van der Waals surface area contributed by atoms with Gasteiger partial charge in [-0.15, -0.1) is 0 Å². The first-order chi connectivity index (χ1) is 15.4. The predicted octanol–water partition coefficient (Wildman–Crippen LogP) is 3.60. The van der Waals surface area contributed by atoms with E-state index in [0.29, 0.717) is 31.0 Å². The fourth-order valence-corrected chi connectivity index (χ4v) is 4.24. The van der Waals surface area contributed by atoms with Crippen molar-refractivity contribution >= 4 is 17.6 Å². The van der Waals surface area contributed by atoms with Gasteiger partial charge in [-0.3, -0.25) is 19.7 Å². The molecule has 166 valence electrons. The van der Waals surface area contributed by atoms with E-state index in [0.717, 1.165) is 29.7 Å². The molecule has 1 aliphatic carbocycles. The lowest BCUT2D eigenvalue weighted by molar-refractivity contribution is -0.121. The third kappa shape index (κ3) is 5.81. The van der Waals surface area contributed by atoms with Crippen LogP contribution in [0.15, 0.2) is 48.8 Å². The van der Waals surface area contributed by atoms with Crippen molar-refractivity contribution in [1.82, 2.24) is 20.5 Å². The van der Waals surface area contributed by atoms with Crippen LogP contribution in [0.3, 0.4) is 0 Å². The van der Waals surface area contributed by atoms with Gasteiger partial charge in [0.05, 0.1) is 6.42 Å². The van der Waals surface area contributed by atoms with Crippen LogP contribution in [0, 0.1) is 13.8 Å². The molecule has 2 heterocycles. The molecule has 7 heteroatoms. The second-order valence-corrected chi connectivity index (χ2v) is 8.72. The molecule has 1 aliphatic rings. The topological polar surface area (TPSA) is 99.8 Å². The monoisotopic (exact) mass is 431 g/mol. The van der Waals surface area contributed by atoms with Gasteiger partial charge in [0.2, 0.25) is 11.8 Å². The van der Waals surface area contributed by atoms with E-state index in [-0.39, 0.29) is 17.9 Å². The number of benzene rings is 1. The molecule has 7 nitrogen and oxygen atoms in total. The maximum absolute atomic E-state index is 12.4. The number of rotatable bonds is 8. The maximum atomic E-state index is 12.4. The Morgan fingerprint density at radius 2 is 1.84 bits per heavy atom. The molecule has 0 radical (unpaired) electrons. The summed E-state index contributed by atoms with van der Waals surface area (Å²) in [6.07, 6.45) is 6.66. The molecule has 1 saturated carbocycles. The molecule has 1 aromatic carbocycles. The van der Waals surface area contributed by atoms with Crippen LogP contribution in [-0.2, 0) is 22.4 Å². The summed E-state index contributed by atoms with van der Waals surface area (Å²) in [5.74, 6) is 0.843. The lowest BCUT2D eigenvalue weighted by atomic mass is 9.78. The molecule has 32 heavy (non-hydrogen) atoms. The number of H-pyrrole nitrogens is 1. The molecule has 0 aliphatic heterocycles. The highest BCUT2D eigenvalue weighted by Gasteiger charge is 2.32. The zero-order valence-electron chi connectivity index (χ0n) is 18.5. The Labute approximate surface area is 188 Å². The van der Waals surface area contributed by atoms with Gasteiger partial charge < -0.3 is 10.6 Å². The number of carbonyl (C=O) groups excluding carboxylic acids is 2. The van der Waals surface area contributed by atoms with E-state index >= 15 is 0 Å². The molecule has 1 fully saturated rings. The summed E-state index contributed by atoms with van der Waals surface area (Å²) in [6, 6.07) is 12.1. The van der Waals surface area contributed by atoms with Gasteiger partial charge in [-0.2, -0.15) is 5.10 Å². The number of aromatic amines is 1. The zero-order chi connectivity index (χ0) is 22.5. The van der Waals surface area contributed by atoms with E-state index in [2.05, 4.69) is 44.0 Å². The van der Waals surface area contributed by atoms with Gasteiger partial charge >= 0.3 is 0 Å². The Morgan fingerprint density at radius 1 is 1.06 bits per heavy atom. The van der Waals surface area contributed by atoms with Crippen molar-refractivity contribution in [1.29, 1.82) is 0 Å². The van der Waals surface area contributed by atoms with Crippen molar-refractivity contribution in [2.45, 2.75) is 57.9 Å². The number of aryl methyl sites for hydroxylation is 3. The van der Waals surface area contributed by atoms with E-state index in [1.165, 1.54) is 11.1 Å². The Hall–Kier alpha value is -3.48. The van der Waals surface area contributed by atoms with Crippen molar-refractivity contribution in [2.75, 3.05) is 5.32 Å². The highest BCUT2D eigenvalue weighted by atomic mass is 16.2. The minimum Gasteiger partial charge on any atom is -0.353 e. The van der Waals surface area contributed by atoms with Gasteiger partial charge in [0.15, 0.2) is 5.82 Å².